The first-order valence-corrected chi connectivity index (χ1v) is 10.1. The van der Waals surface area contributed by atoms with E-state index in [1.165, 1.54) is 0 Å². The molecular formula is C22H27N5O2. The standard InChI is InChI=1S/C22H27N5O2/c1-17(2)16-29-22(28)27-19-8-4-3-7-18(19)24-21(27)15-25-11-13-26(14-12-25)20-9-5-6-10-23-20/h3-10,17H,11-16H2,1-2H3. The molecule has 2 aromatic heterocycles. The quantitative estimate of drug-likeness (QED) is 0.662. The highest BCUT2D eigenvalue weighted by Crippen LogP contribution is 2.20. The Kier molecular flexibility index (Phi) is 5.76. The van der Waals surface area contributed by atoms with Crippen molar-refractivity contribution in [3.05, 3.63) is 54.5 Å². The van der Waals surface area contributed by atoms with Crippen molar-refractivity contribution in [3.8, 4) is 0 Å². The highest BCUT2D eigenvalue weighted by molar-refractivity contribution is 5.87. The fourth-order valence-electron chi connectivity index (χ4n) is 3.56. The average molecular weight is 393 g/mol. The lowest BCUT2D eigenvalue weighted by Gasteiger charge is -2.35. The molecule has 3 aromatic rings. The number of pyridine rings is 1. The molecule has 4 rings (SSSR count). The van der Waals surface area contributed by atoms with Crippen LogP contribution in [0.1, 0.15) is 19.7 Å². The second kappa shape index (κ2) is 8.61. The molecule has 0 atom stereocenters. The van der Waals surface area contributed by atoms with Gasteiger partial charge in [0.1, 0.15) is 11.6 Å². The van der Waals surface area contributed by atoms with Crippen LogP contribution < -0.4 is 4.90 Å². The number of carbonyl (C=O) groups excluding carboxylic acids is 1. The number of imidazole rings is 1. The Morgan fingerprint density at radius 2 is 1.83 bits per heavy atom. The Morgan fingerprint density at radius 3 is 2.55 bits per heavy atom. The third-order valence-electron chi connectivity index (χ3n) is 5.06. The molecule has 1 aliphatic rings. The van der Waals surface area contributed by atoms with E-state index in [4.69, 9.17) is 9.72 Å². The van der Waals surface area contributed by atoms with Crippen LogP contribution >= 0.6 is 0 Å². The van der Waals surface area contributed by atoms with Crippen LogP contribution in [0.2, 0.25) is 0 Å². The summed E-state index contributed by atoms with van der Waals surface area (Å²) < 4.78 is 7.14. The number of nitrogens with zero attached hydrogens (tertiary/aromatic N) is 5. The van der Waals surface area contributed by atoms with Crippen LogP contribution in [0.25, 0.3) is 11.0 Å². The van der Waals surface area contributed by atoms with Gasteiger partial charge in [0, 0.05) is 32.4 Å². The van der Waals surface area contributed by atoms with Crippen molar-refractivity contribution in [2.24, 2.45) is 5.92 Å². The van der Waals surface area contributed by atoms with E-state index in [0.29, 0.717) is 13.2 Å². The smallest absolute Gasteiger partial charge is 0.420 e. The summed E-state index contributed by atoms with van der Waals surface area (Å²) >= 11 is 0. The van der Waals surface area contributed by atoms with Crippen LogP contribution in [0, 0.1) is 5.92 Å². The number of piperazine rings is 1. The number of carbonyl (C=O) groups is 1. The molecule has 0 saturated carbocycles. The maximum atomic E-state index is 12.8. The highest BCUT2D eigenvalue weighted by Gasteiger charge is 2.23. The molecule has 7 nitrogen and oxygen atoms in total. The van der Waals surface area contributed by atoms with E-state index < -0.39 is 0 Å². The van der Waals surface area contributed by atoms with Gasteiger partial charge in [-0.1, -0.05) is 32.0 Å². The minimum absolute atomic E-state index is 0.289. The van der Waals surface area contributed by atoms with E-state index in [2.05, 4.69) is 14.8 Å². The Morgan fingerprint density at radius 1 is 1.07 bits per heavy atom. The van der Waals surface area contributed by atoms with E-state index in [9.17, 15) is 4.79 Å². The third kappa shape index (κ3) is 4.40. The van der Waals surface area contributed by atoms with Gasteiger partial charge in [-0.2, -0.15) is 0 Å². The van der Waals surface area contributed by atoms with Crippen molar-refractivity contribution in [1.82, 2.24) is 19.4 Å². The van der Waals surface area contributed by atoms with E-state index in [1.54, 1.807) is 4.57 Å². The minimum Gasteiger partial charge on any atom is -0.449 e. The van der Waals surface area contributed by atoms with Crippen LogP contribution in [-0.2, 0) is 11.3 Å². The van der Waals surface area contributed by atoms with Crippen molar-refractivity contribution in [2.45, 2.75) is 20.4 Å². The number of benzene rings is 1. The van der Waals surface area contributed by atoms with Gasteiger partial charge < -0.3 is 9.64 Å². The fourth-order valence-corrected chi connectivity index (χ4v) is 3.56. The second-order valence-corrected chi connectivity index (χ2v) is 7.77. The number of hydrogen-bond acceptors (Lipinski definition) is 6. The van der Waals surface area contributed by atoms with Gasteiger partial charge in [0.2, 0.25) is 0 Å². The molecule has 0 unspecified atom stereocenters. The number of rotatable bonds is 5. The molecule has 3 heterocycles. The summed E-state index contributed by atoms with van der Waals surface area (Å²) in [5.41, 5.74) is 1.61. The Labute approximate surface area is 170 Å². The van der Waals surface area contributed by atoms with E-state index in [-0.39, 0.29) is 12.0 Å². The van der Waals surface area contributed by atoms with Gasteiger partial charge >= 0.3 is 6.09 Å². The van der Waals surface area contributed by atoms with Crippen molar-refractivity contribution >= 4 is 22.9 Å². The zero-order chi connectivity index (χ0) is 20.2. The van der Waals surface area contributed by atoms with E-state index in [0.717, 1.165) is 48.9 Å². The monoisotopic (exact) mass is 393 g/mol. The molecule has 0 aliphatic carbocycles. The lowest BCUT2D eigenvalue weighted by Crippen LogP contribution is -2.46. The SMILES string of the molecule is CC(C)COC(=O)n1c(CN2CCN(c3ccccn3)CC2)nc2ccccc21. The summed E-state index contributed by atoms with van der Waals surface area (Å²) in [6.07, 6.45) is 1.47. The zero-order valence-corrected chi connectivity index (χ0v) is 17.0. The lowest BCUT2D eigenvalue weighted by atomic mass is 10.2. The van der Waals surface area contributed by atoms with Gasteiger partial charge in [-0.05, 0) is 30.2 Å². The maximum Gasteiger partial charge on any atom is 0.420 e. The van der Waals surface area contributed by atoms with Crippen molar-refractivity contribution in [3.63, 3.8) is 0 Å². The molecule has 152 valence electrons. The number of aromatic nitrogens is 3. The first-order chi connectivity index (χ1) is 14.1. The first-order valence-electron chi connectivity index (χ1n) is 10.1. The average Bonchev–Trinajstić information content (AvgIpc) is 3.11. The normalized spacial score (nSPS) is 15.2. The summed E-state index contributed by atoms with van der Waals surface area (Å²) in [4.78, 5) is 26.6. The molecule has 0 bridgehead atoms. The molecule has 1 aliphatic heterocycles. The predicted octanol–water partition coefficient (Wildman–Crippen LogP) is 3.39. The number of ether oxygens (including phenoxy) is 1. The summed E-state index contributed by atoms with van der Waals surface area (Å²) in [6.45, 7) is 8.64. The molecule has 1 fully saturated rings. The molecule has 0 N–H and O–H groups in total. The number of anilines is 1. The fraction of sp³-hybridized carbons (Fsp3) is 0.409. The summed E-state index contributed by atoms with van der Waals surface area (Å²) in [6, 6.07) is 13.7. The van der Waals surface area contributed by atoms with Gasteiger partial charge in [0.25, 0.3) is 0 Å². The molecular weight excluding hydrogens is 366 g/mol. The topological polar surface area (TPSA) is 63.5 Å². The summed E-state index contributed by atoms with van der Waals surface area (Å²) in [5, 5.41) is 0. The number of para-hydroxylation sites is 2. The third-order valence-corrected chi connectivity index (χ3v) is 5.06. The van der Waals surface area contributed by atoms with Crippen LogP contribution in [0.3, 0.4) is 0 Å². The lowest BCUT2D eigenvalue weighted by molar-refractivity contribution is 0.133. The maximum absolute atomic E-state index is 12.8. The summed E-state index contributed by atoms with van der Waals surface area (Å²) in [7, 11) is 0. The number of fused-ring (bicyclic) bond motifs is 1. The van der Waals surface area contributed by atoms with Gasteiger partial charge in [-0.3, -0.25) is 4.90 Å². The van der Waals surface area contributed by atoms with Crippen molar-refractivity contribution in [2.75, 3.05) is 37.7 Å². The molecule has 0 radical (unpaired) electrons. The molecule has 29 heavy (non-hydrogen) atoms. The molecule has 1 aromatic carbocycles. The van der Waals surface area contributed by atoms with Gasteiger partial charge in [0.05, 0.1) is 24.2 Å². The molecule has 7 heteroatoms. The van der Waals surface area contributed by atoms with Gasteiger partial charge in [-0.15, -0.1) is 0 Å². The van der Waals surface area contributed by atoms with Crippen molar-refractivity contribution < 1.29 is 9.53 Å². The van der Waals surface area contributed by atoms with Gasteiger partial charge in [0.15, 0.2) is 0 Å². The molecule has 0 amide bonds. The second-order valence-electron chi connectivity index (χ2n) is 7.77. The van der Waals surface area contributed by atoms with Crippen molar-refractivity contribution in [1.29, 1.82) is 0 Å². The minimum atomic E-state index is -0.352. The van der Waals surface area contributed by atoms with Crippen LogP contribution in [0.5, 0.6) is 0 Å². The van der Waals surface area contributed by atoms with Gasteiger partial charge in [-0.25, -0.2) is 19.3 Å². The Balaban J connectivity index is 1.49. The Bertz CT molecular complexity index is 962. The van der Waals surface area contributed by atoms with E-state index >= 15 is 0 Å². The van der Waals surface area contributed by atoms with Crippen LogP contribution in [0.15, 0.2) is 48.7 Å². The predicted molar refractivity (Wildman–Crippen MR) is 113 cm³/mol. The first kappa shape index (κ1) is 19.4. The number of hydrogen-bond donors (Lipinski definition) is 0. The largest absolute Gasteiger partial charge is 0.449 e. The molecule has 1 saturated heterocycles. The van der Waals surface area contributed by atoms with Crippen LogP contribution in [0.4, 0.5) is 10.6 Å². The zero-order valence-electron chi connectivity index (χ0n) is 17.0. The highest BCUT2D eigenvalue weighted by atomic mass is 16.5. The van der Waals surface area contributed by atoms with Crippen LogP contribution in [-0.4, -0.2) is 58.3 Å². The molecule has 0 spiro atoms. The summed E-state index contributed by atoms with van der Waals surface area (Å²) in [5.74, 6) is 2.03. The van der Waals surface area contributed by atoms with E-state index in [1.807, 2.05) is 62.5 Å². The Hall–Kier alpha value is -2.93.